The fourth-order valence-electron chi connectivity index (χ4n) is 3.02. The fourth-order valence-corrected chi connectivity index (χ4v) is 4.97. The van der Waals surface area contributed by atoms with Crippen molar-refractivity contribution in [3.63, 3.8) is 0 Å². The molecule has 3 rings (SSSR count). The highest BCUT2D eigenvalue weighted by Crippen LogP contribution is 2.24. The fraction of sp³-hybridized carbons (Fsp3) is 0.238. The van der Waals surface area contributed by atoms with Crippen LogP contribution in [-0.4, -0.2) is 51.0 Å². The van der Waals surface area contributed by atoms with Crippen molar-refractivity contribution in [1.82, 2.24) is 4.90 Å². The summed E-state index contributed by atoms with van der Waals surface area (Å²) in [4.78, 5) is 25.8. The van der Waals surface area contributed by atoms with Crippen molar-refractivity contribution in [2.45, 2.75) is 6.42 Å². The van der Waals surface area contributed by atoms with Crippen LogP contribution >= 0.6 is 15.9 Å². The van der Waals surface area contributed by atoms with E-state index in [2.05, 4.69) is 21.2 Å². The van der Waals surface area contributed by atoms with Crippen LogP contribution in [0.4, 0.5) is 11.4 Å². The lowest BCUT2D eigenvalue weighted by Gasteiger charge is -2.17. The average molecular weight is 492 g/mol. The van der Waals surface area contributed by atoms with Crippen LogP contribution < -0.4 is 9.62 Å². The molecule has 0 bridgehead atoms. The molecule has 9 heteroatoms. The number of hydrogen-bond donors (Lipinski definition) is 1. The SMILES string of the molecule is CN(CC(=O)Nc1ccccc1Br)C(=O)/C=C/c1ccc(N2CCCS2(=O)=O)cc1. The zero-order valence-corrected chi connectivity index (χ0v) is 18.8. The number of nitrogens with zero attached hydrogens (tertiary/aromatic N) is 2. The van der Waals surface area contributed by atoms with Crippen molar-refractivity contribution < 1.29 is 18.0 Å². The van der Waals surface area contributed by atoms with Crippen molar-refractivity contribution in [3.05, 3.63) is 64.6 Å². The van der Waals surface area contributed by atoms with Gasteiger partial charge in [0.1, 0.15) is 0 Å². The van der Waals surface area contributed by atoms with Gasteiger partial charge in [-0.1, -0.05) is 24.3 Å². The Labute approximate surface area is 184 Å². The molecular formula is C21H22BrN3O4S. The quantitative estimate of drug-likeness (QED) is 0.628. The molecule has 0 radical (unpaired) electrons. The Kier molecular flexibility index (Phi) is 6.94. The molecule has 0 spiro atoms. The molecule has 0 atom stereocenters. The normalized spacial score (nSPS) is 15.3. The first-order chi connectivity index (χ1) is 14.3. The van der Waals surface area contributed by atoms with E-state index in [0.717, 1.165) is 10.0 Å². The van der Waals surface area contributed by atoms with Crippen LogP contribution in [0.1, 0.15) is 12.0 Å². The van der Waals surface area contributed by atoms with Crippen LogP contribution in [0.25, 0.3) is 6.08 Å². The first-order valence-corrected chi connectivity index (χ1v) is 11.7. The third-order valence-corrected chi connectivity index (χ3v) is 7.16. The van der Waals surface area contributed by atoms with E-state index in [1.165, 1.54) is 15.3 Å². The molecule has 0 saturated carbocycles. The number of para-hydroxylation sites is 1. The average Bonchev–Trinajstić information content (AvgIpc) is 3.07. The molecule has 7 nitrogen and oxygen atoms in total. The van der Waals surface area contributed by atoms with E-state index in [-0.39, 0.29) is 24.1 Å². The number of benzene rings is 2. The Morgan fingerprint density at radius 1 is 1.17 bits per heavy atom. The van der Waals surface area contributed by atoms with Crippen LogP contribution in [0, 0.1) is 0 Å². The van der Waals surface area contributed by atoms with Crippen LogP contribution in [0.2, 0.25) is 0 Å². The van der Waals surface area contributed by atoms with Crippen LogP contribution in [0.3, 0.4) is 0 Å². The maximum Gasteiger partial charge on any atom is 0.246 e. The van der Waals surface area contributed by atoms with Gasteiger partial charge < -0.3 is 10.2 Å². The molecule has 1 N–H and O–H groups in total. The number of anilines is 2. The molecule has 2 amide bonds. The number of halogens is 1. The van der Waals surface area contributed by atoms with Crippen LogP contribution in [0.5, 0.6) is 0 Å². The van der Waals surface area contributed by atoms with Gasteiger partial charge >= 0.3 is 0 Å². The maximum atomic E-state index is 12.3. The summed E-state index contributed by atoms with van der Waals surface area (Å²) in [7, 11) is -1.66. The molecule has 2 aromatic carbocycles. The molecule has 1 saturated heterocycles. The molecule has 158 valence electrons. The Morgan fingerprint density at radius 2 is 1.87 bits per heavy atom. The van der Waals surface area contributed by atoms with Crippen molar-refractivity contribution in [1.29, 1.82) is 0 Å². The predicted octanol–water partition coefficient (Wildman–Crippen LogP) is 3.10. The second kappa shape index (κ2) is 9.44. The van der Waals surface area contributed by atoms with Gasteiger partial charge in [-0.2, -0.15) is 0 Å². The van der Waals surface area contributed by atoms with E-state index in [4.69, 9.17) is 0 Å². The Bertz CT molecular complexity index is 1070. The highest BCUT2D eigenvalue weighted by Gasteiger charge is 2.28. The third-order valence-electron chi connectivity index (χ3n) is 4.60. The smallest absolute Gasteiger partial charge is 0.246 e. The minimum atomic E-state index is -3.21. The number of hydrogen-bond acceptors (Lipinski definition) is 4. The Hall–Kier alpha value is -2.65. The van der Waals surface area contributed by atoms with Gasteiger partial charge in [-0.05, 0) is 58.3 Å². The molecule has 0 unspecified atom stereocenters. The molecule has 1 heterocycles. The summed E-state index contributed by atoms with van der Waals surface area (Å²) in [5.74, 6) is -0.449. The van der Waals surface area contributed by atoms with Gasteiger partial charge in [-0.15, -0.1) is 0 Å². The van der Waals surface area contributed by atoms with Gasteiger partial charge in [-0.3, -0.25) is 13.9 Å². The van der Waals surface area contributed by atoms with Crippen molar-refractivity contribution >= 4 is 55.2 Å². The van der Waals surface area contributed by atoms with E-state index in [1.54, 1.807) is 43.5 Å². The van der Waals surface area contributed by atoms with E-state index in [9.17, 15) is 18.0 Å². The first kappa shape index (κ1) is 22.0. The highest BCUT2D eigenvalue weighted by atomic mass is 79.9. The number of carbonyl (C=O) groups is 2. The lowest BCUT2D eigenvalue weighted by molar-refractivity contribution is -0.129. The summed E-state index contributed by atoms with van der Waals surface area (Å²) in [6, 6.07) is 14.2. The van der Waals surface area contributed by atoms with Crippen molar-refractivity contribution in [3.8, 4) is 0 Å². The molecular weight excluding hydrogens is 470 g/mol. The summed E-state index contributed by atoms with van der Waals surface area (Å²) in [6.07, 6.45) is 3.64. The highest BCUT2D eigenvalue weighted by molar-refractivity contribution is 9.10. The molecule has 1 aliphatic rings. The van der Waals surface area contributed by atoms with Gasteiger partial charge in [0, 0.05) is 24.1 Å². The monoisotopic (exact) mass is 491 g/mol. The van der Waals surface area contributed by atoms with E-state index in [1.807, 2.05) is 18.2 Å². The first-order valence-electron chi connectivity index (χ1n) is 9.34. The molecule has 1 fully saturated rings. The molecule has 1 aliphatic heterocycles. The second-order valence-corrected chi connectivity index (χ2v) is 9.76. The zero-order chi connectivity index (χ0) is 21.7. The molecule has 0 aliphatic carbocycles. The summed E-state index contributed by atoms with van der Waals surface area (Å²) in [6.45, 7) is 0.401. The van der Waals surface area contributed by atoms with E-state index >= 15 is 0 Å². The number of sulfonamides is 1. The minimum Gasteiger partial charge on any atom is -0.333 e. The van der Waals surface area contributed by atoms with E-state index < -0.39 is 10.0 Å². The summed E-state index contributed by atoms with van der Waals surface area (Å²) in [5, 5.41) is 2.75. The summed E-state index contributed by atoms with van der Waals surface area (Å²) < 4.78 is 26.1. The minimum absolute atomic E-state index is 0.0870. The number of carbonyl (C=O) groups excluding carboxylic acids is 2. The second-order valence-electron chi connectivity index (χ2n) is 6.89. The molecule has 30 heavy (non-hydrogen) atoms. The van der Waals surface area contributed by atoms with Crippen molar-refractivity contribution in [2.24, 2.45) is 0 Å². The number of rotatable bonds is 6. The molecule has 2 aromatic rings. The number of likely N-dealkylation sites (N-methyl/N-ethyl adjacent to an activating group) is 1. The summed E-state index contributed by atoms with van der Waals surface area (Å²) in [5.41, 5.74) is 2.02. The number of amides is 2. The van der Waals surface area contributed by atoms with Gasteiger partial charge in [0.15, 0.2) is 0 Å². The molecule has 0 aromatic heterocycles. The van der Waals surface area contributed by atoms with Gasteiger partial charge in [0.2, 0.25) is 21.8 Å². The van der Waals surface area contributed by atoms with Crippen LogP contribution in [0.15, 0.2) is 59.1 Å². The lowest BCUT2D eigenvalue weighted by atomic mass is 10.2. The van der Waals surface area contributed by atoms with Gasteiger partial charge in [0.05, 0.1) is 23.7 Å². The zero-order valence-electron chi connectivity index (χ0n) is 16.4. The standard InChI is InChI=1S/C21H22BrN3O4S/c1-24(15-20(26)23-19-6-3-2-5-18(19)22)21(27)12-9-16-7-10-17(11-8-16)25-13-4-14-30(25,28)29/h2-3,5-12H,4,13-15H2,1H3,(H,23,26)/b12-9+. The number of nitrogens with one attached hydrogen (secondary N) is 1. The third kappa shape index (κ3) is 5.48. The van der Waals surface area contributed by atoms with Crippen molar-refractivity contribution in [2.75, 3.05) is 35.5 Å². The Balaban J connectivity index is 1.56. The van der Waals surface area contributed by atoms with Gasteiger partial charge in [0.25, 0.3) is 0 Å². The largest absolute Gasteiger partial charge is 0.333 e. The summed E-state index contributed by atoms with van der Waals surface area (Å²) >= 11 is 3.36. The van der Waals surface area contributed by atoms with Crippen LogP contribution in [-0.2, 0) is 19.6 Å². The van der Waals surface area contributed by atoms with Gasteiger partial charge in [-0.25, -0.2) is 8.42 Å². The van der Waals surface area contributed by atoms with E-state index in [0.29, 0.717) is 24.3 Å². The maximum absolute atomic E-state index is 12.3. The lowest BCUT2D eigenvalue weighted by Crippen LogP contribution is -2.33. The Morgan fingerprint density at radius 3 is 2.50 bits per heavy atom. The predicted molar refractivity (Wildman–Crippen MR) is 122 cm³/mol. The topological polar surface area (TPSA) is 86.8 Å².